The molecule has 0 atom stereocenters. The van der Waals surface area contributed by atoms with Crippen molar-refractivity contribution < 1.29 is 50.8 Å². The van der Waals surface area contributed by atoms with Crippen LogP contribution in [0.5, 0.6) is 0 Å². The predicted molar refractivity (Wildman–Crippen MR) is 40.3 cm³/mol. The van der Waals surface area contributed by atoms with Gasteiger partial charge in [0.15, 0.2) is 0 Å². The number of rotatable bonds is 0. The van der Waals surface area contributed by atoms with Crippen LogP contribution in [-0.2, 0) is 10.4 Å². The largest absolute Gasteiger partial charge is 1.00 e. The first-order valence-electron chi connectivity index (χ1n) is 2.64. The fourth-order valence-electron chi connectivity index (χ4n) is 0. The standard InChI is InChI=1S/C3H5N.BF3.Li.H2O4S.H/c1-2-3-4;2-1(3)4;;1-5(2,3)4;/h2H2,1H3;;;(H2,1,2,3,4);/q;;+1;;-1. The molecule has 11 heteroatoms. The van der Waals surface area contributed by atoms with E-state index in [2.05, 4.69) is 0 Å². The maximum Gasteiger partial charge on any atom is 1.00 e. The van der Waals surface area contributed by atoms with Crippen LogP contribution in [0.4, 0.5) is 12.9 Å². The summed E-state index contributed by atoms with van der Waals surface area (Å²) in [5, 5.41) is 7.62. The molecular weight excluding hydrogens is 221 g/mol. The number of halogens is 3. The van der Waals surface area contributed by atoms with Gasteiger partial charge in [0.05, 0.1) is 6.07 Å². The summed E-state index contributed by atoms with van der Waals surface area (Å²) in [6.07, 6.45) is 0.625. The third-order valence-electron chi connectivity index (χ3n) is 0.158. The van der Waals surface area contributed by atoms with Crippen LogP contribution < -0.4 is 18.9 Å². The summed E-state index contributed by atoms with van der Waals surface area (Å²) in [5.41, 5.74) is 0. The maximum atomic E-state index is 9.67. The van der Waals surface area contributed by atoms with E-state index >= 15 is 0 Å². The minimum absolute atomic E-state index is 0. The minimum Gasteiger partial charge on any atom is -1.00 e. The molecule has 0 bridgehead atoms. The van der Waals surface area contributed by atoms with Crippen LogP contribution in [0, 0.1) is 11.3 Å². The van der Waals surface area contributed by atoms with E-state index in [1.54, 1.807) is 0 Å². The maximum absolute atomic E-state index is 9.67. The first kappa shape index (κ1) is 23.5. The monoisotopic (exact) mass is 229 g/mol. The van der Waals surface area contributed by atoms with Gasteiger partial charge >= 0.3 is 36.8 Å². The molecule has 0 aliphatic rings. The number of nitriles is 1. The Bertz CT molecular complexity index is 225. The smallest absolute Gasteiger partial charge is 1.00 e. The van der Waals surface area contributed by atoms with Gasteiger partial charge in [0.25, 0.3) is 0 Å². The second-order valence-corrected chi connectivity index (χ2v) is 2.10. The summed E-state index contributed by atoms with van der Waals surface area (Å²) < 4.78 is 60.6. The fraction of sp³-hybridized carbons (Fsp3) is 0.667. The quantitative estimate of drug-likeness (QED) is 0.379. The third-order valence-corrected chi connectivity index (χ3v) is 0.158. The molecule has 0 aromatic heterocycles. The summed E-state index contributed by atoms with van der Waals surface area (Å²) in [7, 11) is -8.33. The molecule has 0 amide bonds. The molecule has 0 spiro atoms. The molecule has 0 heterocycles. The van der Waals surface area contributed by atoms with E-state index in [4.69, 9.17) is 22.8 Å². The molecule has 0 aliphatic carbocycles. The first-order valence-corrected chi connectivity index (χ1v) is 4.03. The molecule has 0 saturated heterocycles. The topological polar surface area (TPSA) is 98.4 Å². The second kappa shape index (κ2) is 15.3. The average Bonchev–Trinajstić information content (AvgIpc) is 1.82. The van der Waals surface area contributed by atoms with Crippen molar-refractivity contribution in [3.05, 3.63) is 0 Å². The Balaban J connectivity index is -0.0000000315. The van der Waals surface area contributed by atoms with Crippen LogP contribution >= 0.6 is 0 Å². The van der Waals surface area contributed by atoms with Crippen molar-refractivity contribution >= 4 is 17.9 Å². The molecule has 0 unspecified atom stereocenters. The molecule has 0 aromatic rings. The van der Waals surface area contributed by atoms with Gasteiger partial charge in [-0.2, -0.15) is 13.7 Å². The number of nitrogens with zero attached hydrogens (tertiary/aromatic N) is 1. The van der Waals surface area contributed by atoms with Gasteiger partial charge in [0.2, 0.25) is 0 Å². The predicted octanol–water partition coefficient (Wildman–Crippen LogP) is -1.74. The molecular formula is C3H8BF3LiNO4S. The molecule has 0 radical (unpaired) electrons. The Labute approximate surface area is 93.8 Å². The molecule has 0 rings (SSSR count). The zero-order valence-corrected chi connectivity index (χ0v) is 8.30. The van der Waals surface area contributed by atoms with Crippen molar-refractivity contribution in [2.45, 2.75) is 13.3 Å². The van der Waals surface area contributed by atoms with Crippen molar-refractivity contribution in [3.63, 3.8) is 0 Å². The average molecular weight is 229 g/mol. The Hall–Kier alpha value is -0.188. The molecule has 2 N–H and O–H groups in total. The summed E-state index contributed by atoms with van der Waals surface area (Å²) in [5.74, 6) is 0. The summed E-state index contributed by atoms with van der Waals surface area (Å²) in [6, 6.07) is 1.93. The van der Waals surface area contributed by atoms with E-state index in [9.17, 15) is 12.9 Å². The van der Waals surface area contributed by atoms with E-state index in [0.717, 1.165) is 0 Å². The Morgan fingerprint density at radius 2 is 1.50 bits per heavy atom. The normalized spacial score (nSPS) is 7.50. The van der Waals surface area contributed by atoms with Crippen LogP contribution in [0.25, 0.3) is 0 Å². The van der Waals surface area contributed by atoms with Crippen LogP contribution in [-0.4, -0.2) is 25.1 Å². The van der Waals surface area contributed by atoms with Crippen LogP contribution in [0.15, 0.2) is 0 Å². The van der Waals surface area contributed by atoms with E-state index < -0.39 is 17.9 Å². The van der Waals surface area contributed by atoms with Crippen molar-refractivity contribution in [1.29, 1.82) is 5.26 Å². The molecule has 0 aliphatic heterocycles. The van der Waals surface area contributed by atoms with Gasteiger partial charge < -0.3 is 1.43 Å². The van der Waals surface area contributed by atoms with Gasteiger partial charge in [-0.25, -0.2) is 0 Å². The second-order valence-electron chi connectivity index (χ2n) is 1.21. The third kappa shape index (κ3) is 2090. The molecule has 0 fully saturated rings. The Morgan fingerprint density at radius 3 is 1.50 bits per heavy atom. The van der Waals surface area contributed by atoms with Crippen LogP contribution in [0.1, 0.15) is 14.8 Å². The van der Waals surface area contributed by atoms with Gasteiger partial charge in [-0.3, -0.25) is 22.1 Å². The van der Waals surface area contributed by atoms with Gasteiger partial charge in [-0.15, -0.1) is 0 Å². The molecule has 0 saturated carbocycles. The van der Waals surface area contributed by atoms with Crippen molar-refractivity contribution in [2.75, 3.05) is 0 Å². The van der Waals surface area contributed by atoms with E-state index in [1.807, 2.05) is 13.0 Å². The number of hydrogen-bond acceptors (Lipinski definition) is 3. The van der Waals surface area contributed by atoms with Crippen LogP contribution in [0.3, 0.4) is 0 Å². The van der Waals surface area contributed by atoms with E-state index in [-0.39, 0.29) is 20.3 Å². The zero-order chi connectivity index (χ0) is 11.5. The summed E-state index contributed by atoms with van der Waals surface area (Å²) >= 11 is 0. The SMILES string of the molecule is CCC#N.FB(F)F.O=S(=O)(O)O.[H-].[Li+]. The van der Waals surface area contributed by atoms with Gasteiger partial charge in [0.1, 0.15) is 0 Å². The zero-order valence-electron chi connectivity index (χ0n) is 8.48. The molecule has 5 nitrogen and oxygen atoms in total. The molecule has 0 aromatic carbocycles. The van der Waals surface area contributed by atoms with Crippen molar-refractivity contribution in [3.8, 4) is 6.07 Å². The fourth-order valence-corrected chi connectivity index (χ4v) is 0. The first-order chi connectivity index (χ1) is 5.65. The van der Waals surface area contributed by atoms with Crippen molar-refractivity contribution in [2.24, 2.45) is 0 Å². The Morgan fingerprint density at radius 1 is 1.43 bits per heavy atom. The summed E-state index contributed by atoms with van der Waals surface area (Å²) in [4.78, 5) is 0. The number of hydrogen-bond donors (Lipinski definition) is 2. The van der Waals surface area contributed by atoms with Gasteiger partial charge in [-0.1, -0.05) is 6.92 Å². The van der Waals surface area contributed by atoms with E-state index in [0.29, 0.717) is 6.42 Å². The van der Waals surface area contributed by atoms with Gasteiger partial charge in [0, 0.05) is 6.42 Å². The summed E-state index contributed by atoms with van der Waals surface area (Å²) in [6.45, 7) is 1.82. The van der Waals surface area contributed by atoms with E-state index in [1.165, 1.54) is 0 Å². The van der Waals surface area contributed by atoms with Gasteiger partial charge in [-0.05, 0) is 0 Å². The molecule has 80 valence electrons. The Kier molecular flexibility index (Phi) is 25.7. The minimum atomic E-state index is -4.67. The van der Waals surface area contributed by atoms with Crippen molar-refractivity contribution in [1.82, 2.24) is 0 Å². The van der Waals surface area contributed by atoms with Crippen LogP contribution in [0.2, 0.25) is 0 Å². The molecule has 14 heavy (non-hydrogen) atoms.